The Balaban J connectivity index is 2.35. The van der Waals surface area contributed by atoms with Gasteiger partial charge in [0.15, 0.2) is 0 Å². The summed E-state index contributed by atoms with van der Waals surface area (Å²) in [5.74, 6) is 0.859. The third kappa shape index (κ3) is 3.70. The molecule has 0 aliphatic rings. The fourth-order valence-electron chi connectivity index (χ4n) is 1.90. The van der Waals surface area contributed by atoms with Crippen LogP contribution < -0.4 is 10.5 Å². The van der Waals surface area contributed by atoms with E-state index in [4.69, 9.17) is 10.5 Å². The highest BCUT2D eigenvalue weighted by Crippen LogP contribution is 2.29. The highest BCUT2D eigenvalue weighted by Gasteiger charge is 2.13. The van der Waals surface area contributed by atoms with Crippen LogP contribution in [0.5, 0.6) is 5.75 Å². The van der Waals surface area contributed by atoms with Gasteiger partial charge in [0.2, 0.25) is 0 Å². The number of hydrogen-bond donors (Lipinski definition) is 1. The van der Waals surface area contributed by atoms with Crippen molar-refractivity contribution >= 4 is 38.5 Å². The Morgan fingerprint density at radius 2 is 2.05 bits per heavy atom. The van der Waals surface area contributed by atoms with Gasteiger partial charge in [-0.1, -0.05) is 28.1 Å². The van der Waals surface area contributed by atoms with E-state index in [-0.39, 0.29) is 6.04 Å². The molecule has 2 N–H and O–H groups in total. The monoisotopic (exact) mass is 431 g/mol. The number of hydrogen-bond acceptors (Lipinski definition) is 2. The molecular weight excluding hydrogens is 417 g/mol. The smallest absolute Gasteiger partial charge is 0.119 e. The van der Waals surface area contributed by atoms with E-state index in [0.717, 1.165) is 21.3 Å². The zero-order chi connectivity index (χ0) is 13.8. The average molecular weight is 432 g/mol. The number of ether oxygens (including phenoxy) is 1. The van der Waals surface area contributed by atoms with Gasteiger partial charge in [-0.3, -0.25) is 0 Å². The van der Waals surface area contributed by atoms with Crippen LogP contribution in [0.2, 0.25) is 0 Å². The summed E-state index contributed by atoms with van der Waals surface area (Å²) < 4.78 is 7.72. The first kappa shape index (κ1) is 14.8. The van der Waals surface area contributed by atoms with Crippen LogP contribution in [-0.4, -0.2) is 6.61 Å². The lowest BCUT2D eigenvalue weighted by Crippen LogP contribution is -2.13. The molecule has 4 heteroatoms. The highest BCUT2D eigenvalue weighted by atomic mass is 127. The minimum Gasteiger partial charge on any atom is -0.494 e. The van der Waals surface area contributed by atoms with Crippen LogP contribution in [0, 0.1) is 3.57 Å². The van der Waals surface area contributed by atoms with E-state index in [0.29, 0.717) is 6.61 Å². The molecule has 0 aliphatic heterocycles. The molecular formula is C15H15BrINO. The fourth-order valence-corrected chi connectivity index (χ4v) is 2.91. The molecule has 2 nitrogen and oxygen atoms in total. The van der Waals surface area contributed by atoms with Gasteiger partial charge < -0.3 is 10.5 Å². The van der Waals surface area contributed by atoms with E-state index in [1.165, 1.54) is 3.57 Å². The lowest BCUT2D eigenvalue weighted by atomic mass is 9.99. The van der Waals surface area contributed by atoms with E-state index in [1.54, 1.807) is 0 Å². The molecule has 0 aromatic heterocycles. The van der Waals surface area contributed by atoms with Gasteiger partial charge in [0, 0.05) is 8.04 Å². The minimum absolute atomic E-state index is 0.163. The molecule has 0 saturated heterocycles. The van der Waals surface area contributed by atoms with Gasteiger partial charge in [-0.15, -0.1) is 0 Å². The van der Waals surface area contributed by atoms with Crippen molar-refractivity contribution in [3.05, 3.63) is 61.6 Å². The van der Waals surface area contributed by atoms with E-state index in [9.17, 15) is 0 Å². The Labute approximate surface area is 135 Å². The van der Waals surface area contributed by atoms with Crippen molar-refractivity contribution in [2.75, 3.05) is 6.61 Å². The molecule has 1 unspecified atom stereocenters. The van der Waals surface area contributed by atoms with Crippen LogP contribution >= 0.6 is 38.5 Å². The van der Waals surface area contributed by atoms with Crippen molar-refractivity contribution in [2.45, 2.75) is 13.0 Å². The van der Waals surface area contributed by atoms with Crippen molar-refractivity contribution in [1.29, 1.82) is 0 Å². The summed E-state index contributed by atoms with van der Waals surface area (Å²) in [6.45, 7) is 2.63. The molecule has 0 aliphatic carbocycles. The fraction of sp³-hybridized carbons (Fsp3) is 0.200. The Bertz CT molecular complexity index is 574. The first-order valence-corrected chi connectivity index (χ1v) is 7.92. The molecule has 1 atom stereocenters. The maximum absolute atomic E-state index is 6.36. The summed E-state index contributed by atoms with van der Waals surface area (Å²) in [5.41, 5.74) is 8.50. The van der Waals surface area contributed by atoms with Gasteiger partial charge in [-0.05, 0) is 71.0 Å². The van der Waals surface area contributed by atoms with Crippen LogP contribution in [0.25, 0.3) is 0 Å². The second-order valence-electron chi connectivity index (χ2n) is 4.15. The van der Waals surface area contributed by atoms with Gasteiger partial charge in [0.1, 0.15) is 5.75 Å². The standard InChI is InChI=1S/C15H15BrINO/c1-2-19-12-5-3-4-10(8-12)15(18)13-9-11(17)6-7-14(13)16/h3-9,15H,2,18H2,1H3. The molecule has 0 heterocycles. The van der Waals surface area contributed by atoms with Crippen LogP contribution in [0.3, 0.4) is 0 Å². The van der Waals surface area contributed by atoms with E-state index in [1.807, 2.05) is 37.3 Å². The Morgan fingerprint density at radius 1 is 1.26 bits per heavy atom. The van der Waals surface area contributed by atoms with Crippen molar-refractivity contribution in [3.8, 4) is 5.75 Å². The number of halogens is 2. The molecule has 0 amide bonds. The first-order chi connectivity index (χ1) is 9.11. The summed E-state index contributed by atoms with van der Waals surface area (Å²) in [7, 11) is 0. The van der Waals surface area contributed by atoms with Crippen LogP contribution in [0.1, 0.15) is 24.1 Å². The average Bonchev–Trinajstić information content (AvgIpc) is 2.41. The highest BCUT2D eigenvalue weighted by molar-refractivity contribution is 14.1. The minimum atomic E-state index is -0.163. The zero-order valence-corrected chi connectivity index (χ0v) is 14.3. The number of benzene rings is 2. The zero-order valence-electron chi connectivity index (χ0n) is 10.6. The molecule has 0 saturated carbocycles. The molecule has 19 heavy (non-hydrogen) atoms. The predicted molar refractivity (Wildman–Crippen MR) is 90.5 cm³/mol. The maximum Gasteiger partial charge on any atom is 0.119 e. The second kappa shape index (κ2) is 6.72. The molecule has 0 radical (unpaired) electrons. The van der Waals surface area contributed by atoms with Gasteiger partial charge >= 0.3 is 0 Å². The maximum atomic E-state index is 6.36. The third-order valence-corrected chi connectivity index (χ3v) is 4.21. The molecule has 2 rings (SSSR count). The van der Waals surface area contributed by atoms with E-state index >= 15 is 0 Å². The van der Waals surface area contributed by atoms with Crippen molar-refractivity contribution < 1.29 is 4.74 Å². The van der Waals surface area contributed by atoms with Crippen LogP contribution in [0.15, 0.2) is 46.9 Å². The number of rotatable bonds is 4. The van der Waals surface area contributed by atoms with Gasteiger partial charge in [-0.25, -0.2) is 0 Å². The quantitative estimate of drug-likeness (QED) is 0.723. The molecule has 0 fully saturated rings. The Hall–Kier alpha value is -0.590. The van der Waals surface area contributed by atoms with E-state index in [2.05, 4.69) is 50.7 Å². The lowest BCUT2D eigenvalue weighted by molar-refractivity contribution is 0.340. The molecule has 100 valence electrons. The van der Waals surface area contributed by atoms with Crippen molar-refractivity contribution in [2.24, 2.45) is 5.73 Å². The molecule has 2 aromatic rings. The predicted octanol–water partition coefficient (Wildman–Crippen LogP) is 4.50. The van der Waals surface area contributed by atoms with Gasteiger partial charge in [-0.2, -0.15) is 0 Å². The summed E-state index contributed by atoms with van der Waals surface area (Å²) >= 11 is 5.86. The first-order valence-electron chi connectivity index (χ1n) is 6.05. The SMILES string of the molecule is CCOc1cccc(C(N)c2cc(I)ccc2Br)c1. The van der Waals surface area contributed by atoms with Gasteiger partial charge in [0.05, 0.1) is 12.6 Å². The largest absolute Gasteiger partial charge is 0.494 e. The van der Waals surface area contributed by atoms with Gasteiger partial charge in [0.25, 0.3) is 0 Å². The number of nitrogens with two attached hydrogens (primary N) is 1. The van der Waals surface area contributed by atoms with Crippen LogP contribution in [0.4, 0.5) is 0 Å². The second-order valence-corrected chi connectivity index (χ2v) is 6.25. The normalized spacial score (nSPS) is 12.2. The summed E-state index contributed by atoms with van der Waals surface area (Å²) in [5, 5.41) is 0. The van der Waals surface area contributed by atoms with Crippen LogP contribution in [-0.2, 0) is 0 Å². The topological polar surface area (TPSA) is 35.2 Å². The molecule has 0 spiro atoms. The summed E-state index contributed by atoms with van der Waals surface area (Å²) in [4.78, 5) is 0. The van der Waals surface area contributed by atoms with Crippen molar-refractivity contribution in [1.82, 2.24) is 0 Å². The third-order valence-electron chi connectivity index (χ3n) is 2.82. The summed E-state index contributed by atoms with van der Waals surface area (Å²) in [6.07, 6.45) is 0. The Morgan fingerprint density at radius 3 is 2.79 bits per heavy atom. The molecule has 0 bridgehead atoms. The Kier molecular flexibility index (Phi) is 5.24. The summed E-state index contributed by atoms with van der Waals surface area (Å²) in [6, 6.07) is 14.0. The molecule has 2 aromatic carbocycles. The van der Waals surface area contributed by atoms with E-state index < -0.39 is 0 Å². The van der Waals surface area contributed by atoms with Crippen molar-refractivity contribution in [3.63, 3.8) is 0 Å². The lowest BCUT2D eigenvalue weighted by Gasteiger charge is -2.16.